The van der Waals surface area contributed by atoms with Gasteiger partial charge in [-0.3, -0.25) is 0 Å². The molecule has 0 aromatic carbocycles. The second kappa shape index (κ2) is 13.5. The predicted molar refractivity (Wildman–Crippen MR) is 74.7 cm³/mol. The lowest BCUT2D eigenvalue weighted by atomic mass is 10.3. The number of aliphatic hydroxyl groups excluding tert-OH is 1. The minimum atomic E-state index is -0.487. The van der Waals surface area contributed by atoms with E-state index in [1.165, 1.54) is 6.08 Å². The van der Waals surface area contributed by atoms with E-state index in [0.717, 1.165) is 19.4 Å². The molecule has 19 heavy (non-hydrogen) atoms. The second-order valence-electron chi connectivity index (χ2n) is 4.16. The molecule has 0 bridgehead atoms. The zero-order valence-corrected chi connectivity index (χ0v) is 11.8. The molecule has 0 saturated heterocycles. The highest BCUT2D eigenvalue weighted by Gasteiger charge is 2.02. The van der Waals surface area contributed by atoms with Crippen molar-refractivity contribution < 1.29 is 19.4 Å². The number of unbranched alkanes of at least 4 members (excludes halogenated alkanes) is 1. The molecule has 1 radical (unpaired) electrons. The van der Waals surface area contributed by atoms with Crippen LogP contribution < -0.4 is 5.32 Å². The van der Waals surface area contributed by atoms with Gasteiger partial charge in [0, 0.05) is 19.2 Å². The minimum absolute atomic E-state index is 0.298. The van der Waals surface area contributed by atoms with Crippen LogP contribution in [0.3, 0.4) is 0 Å². The van der Waals surface area contributed by atoms with Crippen LogP contribution >= 0.6 is 0 Å². The summed E-state index contributed by atoms with van der Waals surface area (Å²) < 4.78 is 10.1. The third-order valence-corrected chi connectivity index (χ3v) is 2.27. The fourth-order valence-electron chi connectivity index (χ4n) is 1.36. The number of nitrogens with one attached hydrogen (secondary N) is 1. The van der Waals surface area contributed by atoms with Gasteiger partial charge in [-0.05, 0) is 32.7 Å². The fraction of sp³-hybridized carbons (Fsp3) is 0.714. The van der Waals surface area contributed by atoms with Crippen molar-refractivity contribution in [3.63, 3.8) is 0 Å². The van der Waals surface area contributed by atoms with Gasteiger partial charge in [0.2, 0.25) is 0 Å². The lowest BCUT2D eigenvalue weighted by Gasteiger charge is -2.11. The number of ether oxygens (including phenoxy) is 2. The van der Waals surface area contributed by atoms with E-state index in [2.05, 4.69) is 12.2 Å². The highest BCUT2D eigenvalue weighted by Crippen LogP contribution is 1.91. The van der Waals surface area contributed by atoms with Crippen LogP contribution in [0.15, 0.2) is 12.2 Å². The maximum absolute atomic E-state index is 11.0. The summed E-state index contributed by atoms with van der Waals surface area (Å²) >= 11 is 0. The van der Waals surface area contributed by atoms with Gasteiger partial charge in [-0.1, -0.05) is 13.0 Å². The highest BCUT2D eigenvalue weighted by molar-refractivity contribution is 5.81. The average molecular weight is 272 g/mol. The summed E-state index contributed by atoms with van der Waals surface area (Å²) in [6, 6.07) is 0. The number of allylic oxidation sites excluding steroid dienone is 1. The Bertz CT molecular complexity index is 244. The molecule has 0 amide bonds. The van der Waals surface area contributed by atoms with Gasteiger partial charge < -0.3 is 19.9 Å². The molecule has 2 N–H and O–H groups in total. The third-order valence-electron chi connectivity index (χ3n) is 2.27. The largest absolute Gasteiger partial charge is 0.463 e. The first-order valence-electron chi connectivity index (χ1n) is 6.76. The maximum atomic E-state index is 11.0. The normalized spacial score (nSPS) is 12.8. The molecule has 0 aliphatic heterocycles. The Morgan fingerprint density at radius 1 is 1.42 bits per heavy atom. The molecule has 111 valence electrons. The molecule has 0 spiro atoms. The third kappa shape index (κ3) is 13.3. The summed E-state index contributed by atoms with van der Waals surface area (Å²) in [6.07, 6.45) is 4.99. The SMILES string of the molecule is [CH2]CCOCC(O)CNCCCCOC(=O)C=CC. The molecule has 0 aliphatic carbocycles. The van der Waals surface area contributed by atoms with E-state index in [-0.39, 0.29) is 5.97 Å². The van der Waals surface area contributed by atoms with Crippen LogP contribution in [0, 0.1) is 6.92 Å². The summed E-state index contributed by atoms with van der Waals surface area (Å²) in [4.78, 5) is 11.0. The summed E-state index contributed by atoms with van der Waals surface area (Å²) in [5, 5.41) is 12.7. The predicted octanol–water partition coefficient (Wildman–Crippen LogP) is 1.08. The maximum Gasteiger partial charge on any atom is 0.330 e. The van der Waals surface area contributed by atoms with Crippen LogP contribution in [0.5, 0.6) is 0 Å². The summed E-state index contributed by atoms with van der Waals surface area (Å²) in [7, 11) is 0. The van der Waals surface area contributed by atoms with Crippen molar-refractivity contribution in [2.24, 2.45) is 0 Å². The zero-order chi connectivity index (χ0) is 14.3. The van der Waals surface area contributed by atoms with Crippen molar-refractivity contribution in [2.45, 2.75) is 32.3 Å². The van der Waals surface area contributed by atoms with E-state index in [1.54, 1.807) is 13.0 Å². The molecule has 0 rings (SSSR count). The van der Waals surface area contributed by atoms with Crippen molar-refractivity contribution in [3.05, 3.63) is 19.1 Å². The van der Waals surface area contributed by atoms with E-state index in [0.29, 0.717) is 32.8 Å². The second-order valence-corrected chi connectivity index (χ2v) is 4.16. The quantitative estimate of drug-likeness (QED) is 0.316. The van der Waals surface area contributed by atoms with E-state index >= 15 is 0 Å². The Balaban J connectivity index is 3.24. The minimum Gasteiger partial charge on any atom is -0.463 e. The number of aliphatic hydroxyl groups is 1. The van der Waals surface area contributed by atoms with E-state index in [9.17, 15) is 9.90 Å². The van der Waals surface area contributed by atoms with E-state index < -0.39 is 6.10 Å². The van der Waals surface area contributed by atoms with Crippen molar-refractivity contribution in [1.82, 2.24) is 5.32 Å². The Labute approximate surface area is 116 Å². The molecular weight excluding hydrogens is 246 g/mol. The number of rotatable bonds is 12. The Hall–Kier alpha value is -0.910. The molecule has 0 aromatic rings. The first-order valence-corrected chi connectivity index (χ1v) is 6.76. The van der Waals surface area contributed by atoms with Gasteiger partial charge in [0.15, 0.2) is 0 Å². The number of hydrogen-bond acceptors (Lipinski definition) is 5. The van der Waals surface area contributed by atoms with Gasteiger partial charge in [-0.2, -0.15) is 0 Å². The van der Waals surface area contributed by atoms with Gasteiger partial charge in [0.1, 0.15) is 0 Å². The Kier molecular flexibility index (Phi) is 12.9. The van der Waals surface area contributed by atoms with Crippen LogP contribution in [-0.4, -0.2) is 50.1 Å². The summed E-state index contributed by atoms with van der Waals surface area (Å²) in [6.45, 7) is 8.06. The molecule has 0 aliphatic rings. The van der Waals surface area contributed by atoms with Gasteiger partial charge in [0.05, 0.1) is 19.3 Å². The zero-order valence-electron chi connectivity index (χ0n) is 11.8. The molecule has 0 fully saturated rings. The number of carbonyl (C=O) groups excluding carboxylic acids is 1. The summed E-state index contributed by atoms with van der Waals surface area (Å²) in [5.41, 5.74) is 0. The monoisotopic (exact) mass is 272 g/mol. The fourth-order valence-corrected chi connectivity index (χ4v) is 1.36. The summed E-state index contributed by atoms with van der Waals surface area (Å²) in [5.74, 6) is -0.298. The average Bonchev–Trinajstić information content (AvgIpc) is 2.38. The van der Waals surface area contributed by atoms with Gasteiger partial charge in [-0.25, -0.2) is 4.79 Å². The molecule has 1 unspecified atom stereocenters. The van der Waals surface area contributed by atoms with Crippen LogP contribution in [0.1, 0.15) is 26.2 Å². The molecule has 5 nitrogen and oxygen atoms in total. The van der Waals surface area contributed by atoms with Crippen LogP contribution in [0.25, 0.3) is 0 Å². The van der Waals surface area contributed by atoms with Gasteiger partial charge >= 0.3 is 5.97 Å². The molecule has 0 saturated carbocycles. The highest BCUT2D eigenvalue weighted by atomic mass is 16.5. The lowest BCUT2D eigenvalue weighted by molar-refractivity contribution is -0.137. The molecular formula is C14H26NO4. The lowest BCUT2D eigenvalue weighted by Crippen LogP contribution is -2.31. The molecule has 1 atom stereocenters. The first kappa shape index (κ1) is 18.1. The van der Waals surface area contributed by atoms with Crippen LogP contribution in [0.2, 0.25) is 0 Å². The molecule has 5 heteroatoms. The van der Waals surface area contributed by atoms with Crippen molar-refractivity contribution >= 4 is 5.97 Å². The first-order chi connectivity index (χ1) is 9.20. The standard InChI is InChI=1S/C14H26NO4/c1-3-7-14(17)19-10-6-5-8-15-11-13(16)12-18-9-4-2/h3,7,13,15-16H,2,4-6,8-12H2,1H3. The van der Waals surface area contributed by atoms with Gasteiger partial charge in [0.25, 0.3) is 0 Å². The number of carbonyl (C=O) groups is 1. The van der Waals surface area contributed by atoms with E-state index in [4.69, 9.17) is 9.47 Å². The number of esters is 1. The number of hydrogen-bond donors (Lipinski definition) is 2. The Morgan fingerprint density at radius 2 is 2.21 bits per heavy atom. The topological polar surface area (TPSA) is 67.8 Å². The van der Waals surface area contributed by atoms with Crippen LogP contribution in [-0.2, 0) is 14.3 Å². The van der Waals surface area contributed by atoms with E-state index in [1.807, 2.05) is 0 Å². The van der Waals surface area contributed by atoms with Crippen molar-refractivity contribution in [1.29, 1.82) is 0 Å². The van der Waals surface area contributed by atoms with Crippen molar-refractivity contribution in [3.8, 4) is 0 Å². The smallest absolute Gasteiger partial charge is 0.330 e. The molecule has 0 aromatic heterocycles. The van der Waals surface area contributed by atoms with Crippen molar-refractivity contribution in [2.75, 3.05) is 32.9 Å². The Morgan fingerprint density at radius 3 is 2.89 bits per heavy atom. The van der Waals surface area contributed by atoms with Gasteiger partial charge in [-0.15, -0.1) is 0 Å². The van der Waals surface area contributed by atoms with Crippen LogP contribution in [0.4, 0.5) is 0 Å². The molecule has 0 heterocycles.